The number of para-hydroxylation sites is 1. The van der Waals surface area contributed by atoms with Crippen molar-refractivity contribution in [3.05, 3.63) is 29.8 Å². The molecule has 1 fully saturated rings. The summed E-state index contributed by atoms with van der Waals surface area (Å²) in [7, 11) is 3.77. The van der Waals surface area contributed by atoms with Crippen molar-refractivity contribution >= 4 is 11.6 Å². The number of likely N-dealkylation sites (N-methyl/N-ethyl adjacent to an activating group) is 1. The molecule has 1 aliphatic heterocycles. The molecular weight excluding hydrogens is 306 g/mol. The van der Waals surface area contributed by atoms with Crippen molar-refractivity contribution in [2.24, 2.45) is 0 Å². The Hall–Kier alpha value is -1.63. The van der Waals surface area contributed by atoms with Gasteiger partial charge in [0.15, 0.2) is 0 Å². The SMILES string of the molecule is COCCN(C)CCCNC(=O)c1ccccc1N1CCOCC1. The Balaban J connectivity index is 1.82. The van der Waals surface area contributed by atoms with Gasteiger partial charge in [0, 0.05) is 39.0 Å². The minimum absolute atomic E-state index is 0.00311. The molecular formula is C18H29N3O3. The van der Waals surface area contributed by atoms with Crippen LogP contribution in [0.3, 0.4) is 0 Å². The molecule has 1 N–H and O–H groups in total. The number of rotatable bonds is 9. The topological polar surface area (TPSA) is 54.0 Å². The average Bonchev–Trinajstić information content (AvgIpc) is 2.64. The zero-order valence-corrected chi connectivity index (χ0v) is 14.8. The van der Waals surface area contributed by atoms with E-state index in [-0.39, 0.29) is 5.91 Å². The zero-order valence-electron chi connectivity index (χ0n) is 14.8. The summed E-state index contributed by atoms with van der Waals surface area (Å²) >= 11 is 0. The van der Waals surface area contributed by atoms with Crippen LogP contribution in [0.2, 0.25) is 0 Å². The maximum atomic E-state index is 12.5. The highest BCUT2D eigenvalue weighted by atomic mass is 16.5. The fourth-order valence-electron chi connectivity index (χ4n) is 2.75. The molecule has 0 aliphatic carbocycles. The summed E-state index contributed by atoms with van der Waals surface area (Å²) in [5, 5.41) is 3.04. The molecule has 0 bridgehead atoms. The van der Waals surface area contributed by atoms with Gasteiger partial charge in [-0.25, -0.2) is 0 Å². The Bertz CT molecular complexity index is 504. The zero-order chi connectivity index (χ0) is 17.2. The van der Waals surface area contributed by atoms with Crippen LogP contribution in [0.15, 0.2) is 24.3 Å². The molecule has 1 aromatic carbocycles. The fourth-order valence-corrected chi connectivity index (χ4v) is 2.75. The van der Waals surface area contributed by atoms with Crippen LogP contribution in [0, 0.1) is 0 Å². The number of morpholine rings is 1. The molecule has 134 valence electrons. The molecule has 0 atom stereocenters. The molecule has 1 aliphatic rings. The highest BCUT2D eigenvalue weighted by molar-refractivity contribution is 5.99. The van der Waals surface area contributed by atoms with Gasteiger partial charge >= 0.3 is 0 Å². The second kappa shape index (κ2) is 10.3. The van der Waals surface area contributed by atoms with Gasteiger partial charge in [-0.05, 0) is 32.1 Å². The smallest absolute Gasteiger partial charge is 0.253 e. The van der Waals surface area contributed by atoms with Crippen molar-refractivity contribution in [1.29, 1.82) is 0 Å². The van der Waals surface area contributed by atoms with Gasteiger partial charge in [0.1, 0.15) is 0 Å². The van der Waals surface area contributed by atoms with Gasteiger partial charge < -0.3 is 24.6 Å². The van der Waals surface area contributed by atoms with Crippen LogP contribution in [-0.4, -0.2) is 77.5 Å². The first-order chi connectivity index (χ1) is 11.7. The normalized spacial score (nSPS) is 14.9. The molecule has 1 saturated heterocycles. The lowest BCUT2D eigenvalue weighted by molar-refractivity contribution is 0.0949. The molecule has 0 radical (unpaired) electrons. The highest BCUT2D eigenvalue weighted by Gasteiger charge is 2.18. The Labute approximate surface area is 144 Å². The largest absolute Gasteiger partial charge is 0.383 e. The number of nitrogens with one attached hydrogen (secondary N) is 1. The predicted molar refractivity (Wildman–Crippen MR) is 95.8 cm³/mol. The van der Waals surface area contributed by atoms with E-state index < -0.39 is 0 Å². The molecule has 24 heavy (non-hydrogen) atoms. The summed E-state index contributed by atoms with van der Waals surface area (Å²) < 4.78 is 10.5. The lowest BCUT2D eigenvalue weighted by Crippen LogP contribution is -2.38. The number of nitrogens with zero attached hydrogens (tertiary/aromatic N) is 2. The van der Waals surface area contributed by atoms with Gasteiger partial charge in [-0.15, -0.1) is 0 Å². The lowest BCUT2D eigenvalue weighted by atomic mass is 10.1. The second-order valence-electron chi connectivity index (χ2n) is 6.02. The third-order valence-corrected chi connectivity index (χ3v) is 4.18. The minimum Gasteiger partial charge on any atom is -0.383 e. The van der Waals surface area contributed by atoms with E-state index >= 15 is 0 Å². The van der Waals surface area contributed by atoms with E-state index in [4.69, 9.17) is 9.47 Å². The fraction of sp³-hybridized carbons (Fsp3) is 0.611. The number of amides is 1. The number of methoxy groups -OCH3 is 1. The molecule has 6 heteroatoms. The Morgan fingerprint density at radius 1 is 1.29 bits per heavy atom. The summed E-state index contributed by atoms with van der Waals surface area (Å²) in [6.07, 6.45) is 0.922. The molecule has 1 heterocycles. The summed E-state index contributed by atoms with van der Waals surface area (Å²) in [6.45, 7) is 6.33. The van der Waals surface area contributed by atoms with Gasteiger partial charge in [-0.2, -0.15) is 0 Å². The number of carbonyl (C=O) groups is 1. The van der Waals surface area contributed by atoms with Crippen LogP contribution in [-0.2, 0) is 9.47 Å². The van der Waals surface area contributed by atoms with Crippen molar-refractivity contribution in [2.45, 2.75) is 6.42 Å². The van der Waals surface area contributed by atoms with Crippen molar-refractivity contribution in [3.63, 3.8) is 0 Å². The van der Waals surface area contributed by atoms with Crippen LogP contribution < -0.4 is 10.2 Å². The monoisotopic (exact) mass is 335 g/mol. The second-order valence-corrected chi connectivity index (χ2v) is 6.02. The first-order valence-electron chi connectivity index (χ1n) is 8.60. The summed E-state index contributed by atoms with van der Waals surface area (Å²) in [6, 6.07) is 7.80. The maximum Gasteiger partial charge on any atom is 0.253 e. The molecule has 0 saturated carbocycles. The minimum atomic E-state index is -0.00311. The Kier molecular flexibility index (Phi) is 8.01. The molecule has 0 aromatic heterocycles. The van der Waals surface area contributed by atoms with Crippen LogP contribution in [0.5, 0.6) is 0 Å². The summed E-state index contributed by atoms with van der Waals surface area (Å²) in [4.78, 5) is 16.9. The quantitative estimate of drug-likeness (QED) is 0.688. The van der Waals surface area contributed by atoms with E-state index in [1.165, 1.54) is 0 Å². The van der Waals surface area contributed by atoms with E-state index in [2.05, 4.69) is 22.2 Å². The van der Waals surface area contributed by atoms with Gasteiger partial charge in [0.05, 0.1) is 25.4 Å². The van der Waals surface area contributed by atoms with Crippen molar-refractivity contribution in [2.75, 3.05) is 71.6 Å². The van der Waals surface area contributed by atoms with Gasteiger partial charge in [-0.1, -0.05) is 12.1 Å². The van der Waals surface area contributed by atoms with E-state index in [1.807, 2.05) is 24.3 Å². The standard InChI is InChI=1S/C18H29N3O3/c1-20(10-13-23-2)9-5-8-19-18(22)16-6-3-4-7-17(16)21-11-14-24-15-12-21/h3-4,6-7H,5,8-15H2,1-2H3,(H,19,22). The number of anilines is 1. The predicted octanol–water partition coefficient (Wildman–Crippen LogP) is 1.22. The average molecular weight is 335 g/mol. The Morgan fingerprint density at radius 3 is 2.79 bits per heavy atom. The van der Waals surface area contributed by atoms with Gasteiger partial charge in [0.25, 0.3) is 5.91 Å². The van der Waals surface area contributed by atoms with Crippen LogP contribution >= 0.6 is 0 Å². The summed E-state index contributed by atoms with van der Waals surface area (Å²) in [5.41, 5.74) is 1.74. The molecule has 1 aromatic rings. The molecule has 0 spiro atoms. The summed E-state index contributed by atoms with van der Waals surface area (Å²) in [5.74, 6) is -0.00311. The van der Waals surface area contributed by atoms with E-state index in [0.29, 0.717) is 19.8 Å². The number of carbonyl (C=O) groups excluding carboxylic acids is 1. The lowest BCUT2D eigenvalue weighted by Gasteiger charge is -2.30. The number of ether oxygens (including phenoxy) is 2. The van der Waals surface area contributed by atoms with E-state index in [1.54, 1.807) is 7.11 Å². The van der Waals surface area contributed by atoms with Gasteiger partial charge in [0.2, 0.25) is 0 Å². The number of hydrogen-bond donors (Lipinski definition) is 1. The number of benzene rings is 1. The highest BCUT2D eigenvalue weighted by Crippen LogP contribution is 2.21. The maximum absolute atomic E-state index is 12.5. The van der Waals surface area contributed by atoms with Gasteiger partial charge in [-0.3, -0.25) is 4.79 Å². The van der Waals surface area contributed by atoms with Crippen LogP contribution in [0.1, 0.15) is 16.8 Å². The molecule has 0 unspecified atom stereocenters. The van der Waals surface area contributed by atoms with Crippen molar-refractivity contribution in [3.8, 4) is 0 Å². The van der Waals surface area contributed by atoms with Crippen LogP contribution in [0.25, 0.3) is 0 Å². The van der Waals surface area contributed by atoms with E-state index in [9.17, 15) is 4.79 Å². The first kappa shape index (κ1) is 18.7. The molecule has 2 rings (SSSR count). The molecule has 1 amide bonds. The number of hydrogen-bond acceptors (Lipinski definition) is 5. The first-order valence-corrected chi connectivity index (χ1v) is 8.60. The van der Waals surface area contributed by atoms with Crippen molar-refractivity contribution < 1.29 is 14.3 Å². The van der Waals surface area contributed by atoms with E-state index in [0.717, 1.165) is 50.5 Å². The third-order valence-electron chi connectivity index (χ3n) is 4.18. The van der Waals surface area contributed by atoms with Crippen molar-refractivity contribution in [1.82, 2.24) is 10.2 Å². The Morgan fingerprint density at radius 2 is 2.04 bits per heavy atom. The van der Waals surface area contributed by atoms with Crippen LogP contribution in [0.4, 0.5) is 5.69 Å². The third kappa shape index (κ3) is 5.78. The molecule has 6 nitrogen and oxygen atoms in total.